The maximum atomic E-state index is 14.4. The van der Waals surface area contributed by atoms with E-state index in [0.29, 0.717) is 16.3 Å². The number of amides is 1. The average Bonchev–Trinajstić information content (AvgIpc) is 2.71. The number of hydrogen-bond donors (Lipinski definition) is 2. The van der Waals surface area contributed by atoms with Crippen LogP contribution in [0.15, 0.2) is 66.7 Å². The number of hydrogen-bond acceptors (Lipinski definition) is 3. The second-order valence-electron chi connectivity index (χ2n) is 6.07. The van der Waals surface area contributed by atoms with Crippen molar-refractivity contribution in [2.24, 2.45) is 0 Å². The molecule has 0 aromatic heterocycles. The van der Waals surface area contributed by atoms with Gasteiger partial charge in [-0.2, -0.15) is 0 Å². The molecule has 0 aliphatic carbocycles. The van der Waals surface area contributed by atoms with Crippen molar-refractivity contribution in [3.8, 4) is 11.5 Å². The highest BCUT2D eigenvalue weighted by atomic mass is 35.5. The molecule has 1 amide bonds. The molecule has 0 spiro atoms. The van der Waals surface area contributed by atoms with Gasteiger partial charge in [0, 0.05) is 23.4 Å². The summed E-state index contributed by atoms with van der Waals surface area (Å²) < 4.78 is 19.9. The molecule has 0 aliphatic heterocycles. The molecule has 0 radical (unpaired) electrons. The normalized spacial score (nSPS) is 10.8. The summed E-state index contributed by atoms with van der Waals surface area (Å²) in [7, 11) is 0. The average molecular weight is 446 g/mol. The molecule has 3 aromatic rings. The lowest BCUT2D eigenvalue weighted by molar-refractivity contribution is -0.131. The molecule has 0 saturated heterocycles. The number of benzene rings is 3. The van der Waals surface area contributed by atoms with Gasteiger partial charge in [0.1, 0.15) is 5.75 Å². The second-order valence-corrected chi connectivity index (χ2v) is 6.89. The molecule has 0 atom stereocenters. The van der Waals surface area contributed by atoms with Gasteiger partial charge in [0.2, 0.25) is 0 Å². The number of ether oxygens (including phenoxy) is 1. The van der Waals surface area contributed by atoms with E-state index in [1.54, 1.807) is 24.3 Å². The summed E-state index contributed by atoms with van der Waals surface area (Å²) in [5.41, 5.74) is 1.18. The molecule has 152 valence electrons. The minimum atomic E-state index is -1.05. The molecule has 0 heterocycles. The summed E-state index contributed by atoms with van der Waals surface area (Å²) in [6.45, 7) is 0. The molecule has 0 fully saturated rings. The summed E-state index contributed by atoms with van der Waals surface area (Å²) in [5, 5.41) is 11.8. The summed E-state index contributed by atoms with van der Waals surface area (Å²) >= 11 is 11.7. The highest BCUT2D eigenvalue weighted by molar-refractivity contribution is 6.42. The lowest BCUT2D eigenvalue weighted by atomic mass is 10.2. The van der Waals surface area contributed by atoms with Crippen LogP contribution in [0, 0.1) is 5.82 Å². The smallest absolute Gasteiger partial charge is 0.328 e. The second kappa shape index (κ2) is 9.43. The van der Waals surface area contributed by atoms with Crippen LogP contribution in [0.4, 0.5) is 10.1 Å². The fourth-order valence-electron chi connectivity index (χ4n) is 2.44. The first kappa shape index (κ1) is 21.4. The summed E-state index contributed by atoms with van der Waals surface area (Å²) in [6.07, 6.45) is 2.44. The Balaban J connectivity index is 1.68. The zero-order chi connectivity index (χ0) is 21.7. The van der Waals surface area contributed by atoms with Crippen LogP contribution in [0.5, 0.6) is 11.5 Å². The van der Waals surface area contributed by atoms with E-state index in [2.05, 4.69) is 5.32 Å². The summed E-state index contributed by atoms with van der Waals surface area (Å²) in [4.78, 5) is 22.8. The Kier molecular flexibility index (Phi) is 6.72. The first-order valence-corrected chi connectivity index (χ1v) is 9.32. The minimum Gasteiger partial charge on any atom is -0.478 e. The van der Waals surface area contributed by atoms with Crippen molar-refractivity contribution in [3.63, 3.8) is 0 Å². The third kappa shape index (κ3) is 5.59. The van der Waals surface area contributed by atoms with E-state index in [4.69, 9.17) is 33.0 Å². The van der Waals surface area contributed by atoms with Crippen LogP contribution in [0.3, 0.4) is 0 Å². The Morgan fingerprint density at radius 2 is 1.70 bits per heavy atom. The van der Waals surface area contributed by atoms with Crippen molar-refractivity contribution >= 4 is 46.8 Å². The van der Waals surface area contributed by atoms with Gasteiger partial charge in [0.05, 0.1) is 10.0 Å². The molecule has 0 saturated carbocycles. The first-order valence-electron chi connectivity index (χ1n) is 8.57. The van der Waals surface area contributed by atoms with E-state index in [1.165, 1.54) is 36.4 Å². The zero-order valence-corrected chi connectivity index (χ0v) is 16.7. The van der Waals surface area contributed by atoms with Crippen LogP contribution in [-0.2, 0) is 4.79 Å². The van der Waals surface area contributed by atoms with Gasteiger partial charge in [-0.05, 0) is 54.1 Å². The molecule has 0 bridgehead atoms. The van der Waals surface area contributed by atoms with Crippen molar-refractivity contribution in [1.29, 1.82) is 0 Å². The number of rotatable bonds is 6. The van der Waals surface area contributed by atoms with Crippen LogP contribution in [0.25, 0.3) is 6.08 Å². The molecular weight excluding hydrogens is 432 g/mol. The van der Waals surface area contributed by atoms with Gasteiger partial charge in [-0.15, -0.1) is 0 Å². The van der Waals surface area contributed by atoms with Crippen LogP contribution < -0.4 is 10.1 Å². The van der Waals surface area contributed by atoms with Crippen LogP contribution in [0.1, 0.15) is 15.9 Å². The van der Waals surface area contributed by atoms with Crippen molar-refractivity contribution in [1.82, 2.24) is 0 Å². The number of carboxylic acids is 1. The SMILES string of the molecule is O=C(O)/C=C/c1ccc(Oc2ccc(NC(=O)c3ccc(Cl)c(Cl)c3)cc2F)cc1. The first-order chi connectivity index (χ1) is 14.3. The molecule has 3 aromatic carbocycles. The number of halogens is 3. The van der Waals surface area contributed by atoms with E-state index in [0.717, 1.165) is 12.1 Å². The standard InChI is InChI=1S/C22H14Cl2FNO4/c23-17-8-4-14(11-18(17)24)22(29)26-15-5-9-20(19(25)12-15)30-16-6-1-13(2-7-16)3-10-21(27)28/h1-12H,(H,26,29)(H,27,28)/b10-3+. The largest absolute Gasteiger partial charge is 0.478 e. The molecule has 5 nitrogen and oxygen atoms in total. The Morgan fingerprint density at radius 3 is 2.33 bits per heavy atom. The van der Waals surface area contributed by atoms with Gasteiger partial charge < -0.3 is 15.2 Å². The zero-order valence-electron chi connectivity index (χ0n) is 15.2. The topological polar surface area (TPSA) is 75.6 Å². The van der Waals surface area contributed by atoms with Gasteiger partial charge in [-0.1, -0.05) is 35.3 Å². The maximum Gasteiger partial charge on any atom is 0.328 e. The van der Waals surface area contributed by atoms with Gasteiger partial charge in [0.15, 0.2) is 11.6 Å². The highest BCUT2D eigenvalue weighted by Gasteiger charge is 2.11. The number of carboxylic acid groups (broad SMARTS) is 1. The fraction of sp³-hybridized carbons (Fsp3) is 0. The molecular formula is C22H14Cl2FNO4. The Labute approximate surface area is 181 Å². The van der Waals surface area contributed by atoms with Gasteiger partial charge >= 0.3 is 5.97 Å². The Bertz CT molecular complexity index is 1130. The quantitative estimate of drug-likeness (QED) is 0.438. The monoisotopic (exact) mass is 445 g/mol. The van der Waals surface area contributed by atoms with Crippen LogP contribution in [-0.4, -0.2) is 17.0 Å². The van der Waals surface area contributed by atoms with Gasteiger partial charge in [0.25, 0.3) is 5.91 Å². The van der Waals surface area contributed by atoms with Crippen molar-refractivity contribution in [3.05, 3.63) is 93.7 Å². The van der Waals surface area contributed by atoms with E-state index in [-0.39, 0.29) is 22.0 Å². The number of nitrogens with one attached hydrogen (secondary N) is 1. The van der Waals surface area contributed by atoms with Gasteiger partial charge in [-0.3, -0.25) is 4.79 Å². The highest BCUT2D eigenvalue weighted by Crippen LogP contribution is 2.28. The van der Waals surface area contributed by atoms with Crippen LogP contribution >= 0.6 is 23.2 Å². The molecule has 8 heteroatoms. The summed E-state index contributed by atoms with van der Waals surface area (Å²) in [5.74, 6) is -1.85. The van der Waals surface area contributed by atoms with E-state index < -0.39 is 17.7 Å². The predicted octanol–water partition coefficient (Wildman–Crippen LogP) is 6.27. The third-order valence-electron chi connectivity index (χ3n) is 3.90. The third-order valence-corrected chi connectivity index (χ3v) is 4.64. The van der Waals surface area contributed by atoms with Crippen molar-refractivity contribution in [2.45, 2.75) is 0 Å². The molecule has 2 N–H and O–H groups in total. The Morgan fingerprint density at radius 1 is 0.967 bits per heavy atom. The van der Waals surface area contributed by atoms with Crippen molar-refractivity contribution < 1.29 is 23.8 Å². The summed E-state index contributed by atoms with van der Waals surface area (Å²) in [6, 6.07) is 14.9. The lowest BCUT2D eigenvalue weighted by Crippen LogP contribution is -2.12. The minimum absolute atomic E-state index is 0.0311. The predicted molar refractivity (Wildman–Crippen MR) is 114 cm³/mol. The molecule has 0 aliphatic rings. The van der Waals surface area contributed by atoms with E-state index in [1.807, 2.05) is 0 Å². The number of carbonyl (C=O) groups excluding carboxylic acids is 1. The number of anilines is 1. The fourth-order valence-corrected chi connectivity index (χ4v) is 2.74. The van der Waals surface area contributed by atoms with Gasteiger partial charge in [-0.25, -0.2) is 9.18 Å². The lowest BCUT2D eigenvalue weighted by Gasteiger charge is -2.10. The maximum absolute atomic E-state index is 14.4. The molecule has 0 unspecified atom stereocenters. The van der Waals surface area contributed by atoms with E-state index >= 15 is 0 Å². The molecule has 3 rings (SSSR count). The van der Waals surface area contributed by atoms with Crippen LogP contribution in [0.2, 0.25) is 10.0 Å². The van der Waals surface area contributed by atoms with E-state index in [9.17, 15) is 14.0 Å². The number of carbonyl (C=O) groups is 2. The Hall–Kier alpha value is -3.35. The molecule has 30 heavy (non-hydrogen) atoms. The van der Waals surface area contributed by atoms with Crippen molar-refractivity contribution in [2.75, 3.05) is 5.32 Å². The number of aliphatic carboxylic acids is 1.